The summed E-state index contributed by atoms with van der Waals surface area (Å²) >= 11 is 0. The molecule has 0 N–H and O–H groups in total. The third-order valence-corrected chi connectivity index (χ3v) is 3.88. The van der Waals surface area contributed by atoms with Crippen molar-refractivity contribution < 1.29 is 9.53 Å². The molecule has 0 aromatic heterocycles. The summed E-state index contributed by atoms with van der Waals surface area (Å²) in [5, 5.41) is 0. The summed E-state index contributed by atoms with van der Waals surface area (Å²) in [6, 6.07) is 6.16. The molecule has 24 heavy (non-hydrogen) atoms. The number of rotatable bonds is 5. The largest absolute Gasteiger partial charge is 0.462 e. The normalized spacial score (nSPS) is 12.0. The molecule has 0 spiro atoms. The van der Waals surface area contributed by atoms with Crippen LogP contribution in [-0.4, -0.2) is 38.1 Å². The van der Waals surface area contributed by atoms with Crippen LogP contribution in [0.2, 0.25) is 0 Å². The van der Waals surface area contributed by atoms with Crippen LogP contribution in [0.5, 0.6) is 0 Å². The number of carbonyl (C=O) groups is 1. The number of nitrogens with zero attached hydrogens (tertiary/aromatic N) is 1. The molecule has 0 aliphatic carbocycles. The molecule has 138 valence electrons. The van der Waals surface area contributed by atoms with Gasteiger partial charge in [-0.3, -0.25) is 0 Å². The molecule has 1 rings (SSSR count). The molecule has 0 aliphatic heterocycles. The molecular formula is C20H34ClNO2. The molecule has 0 atom stereocenters. The van der Waals surface area contributed by atoms with E-state index in [4.69, 9.17) is 4.74 Å². The molecule has 0 radical (unpaired) electrons. The Kier molecular flexibility index (Phi) is 8.47. The zero-order valence-electron chi connectivity index (χ0n) is 16.5. The van der Waals surface area contributed by atoms with Crippen molar-refractivity contribution in [3.63, 3.8) is 0 Å². The SMILES string of the molecule is CN(C)CCCOC(=O)c1cc(C(C)(C)C)cc(C(C)(C)C)c1.Cl. The van der Waals surface area contributed by atoms with Crippen molar-refractivity contribution in [2.75, 3.05) is 27.2 Å². The van der Waals surface area contributed by atoms with Crippen molar-refractivity contribution in [3.8, 4) is 0 Å². The van der Waals surface area contributed by atoms with Crippen LogP contribution in [0.15, 0.2) is 18.2 Å². The number of halogens is 1. The van der Waals surface area contributed by atoms with Gasteiger partial charge >= 0.3 is 5.97 Å². The van der Waals surface area contributed by atoms with Gasteiger partial charge in [-0.1, -0.05) is 47.6 Å². The smallest absolute Gasteiger partial charge is 0.338 e. The van der Waals surface area contributed by atoms with Crippen molar-refractivity contribution in [2.24, 2.45) is 0 Å². The van der Waals surface area contributed by atoms with Crippen molar-refractivity contribution in [1.29, 1.82) is 0 Å². The van der Waals surface area contributed by atoms with Gasteiger partial charge in [-0.05, 0) is 54.6 Å². The minimum atomic E-state index is -0.222. The highest BCUT2D eigenvalue weighted by atomic mass is 35.5. The molecule has 0 saturated carbocycles. The molecule has 0 bridgehead atoms. The molecule has 0 unspecified atom stereocenters. The Morgan fingerprint density at radius 1 is 0.958 bits per heavy atom. The van der Waals surface area contributed by atoms with Crippen LogP contribution < -0.4 is 0 Å². The van der Waals surface area contributed by atoms with E-state index in [0.29, 0.717) is 12.2 Å². The minimum absolute atomic E-state index is 0. The summed E-state index contributed by atoms with van der Waals surface area (Å²) in [6.45, 7) is 14.4. The number of carbonyl (C=O) groups excluding carboxylic acids is 1. The van der Waals surface area contributed by atoms with Crippen LogP contribution in [0.1, 0.15) is 69.4 Å². The molecule has 4 heteroatoms. The van der Waals surface area contributed by atoms with Crippen LogP contribution in [0.4, 0.5) is 0 Å². The van der Waals surface area contributed by atoms with E-state index in [-0.39, 0.29) is 29.2 Å². The molecule has 0 fully saturated rings. The fraction of sp³-hybridized carbons (Fsp3) is 0.650. The van der Waals surface area contributed by atoms with Crippen LogP contribution in [0.25, 0.3) is 0 Å². The van der Waals surface area contributed by atoms with Gasteiger partial charge in [0.2, 0.25) is 0 Å². The third kappa shape index (κ3) is 7.23. The van der Waals surface area contributed by atoms with Gasteiger partial charge in [0.05, 0.1) is 12.2 Å². The van der Waals surface area contributed by atoms with Crippen LogP contribution in [-0.2, 0) is 15.6 Å². The first-order chi connectivity index (χ1) is 10.4. The lowest BCUT2D eigenvalue weighted by Gasteiger charge is -2.26. The summed E-state index contributed by atoms with van der Waals surface area (Å²) in [5.41, 5.74) is 3.00. The predicted octanol–water partition coefficient (Wildman–Crippen LogP) is 4.81. The number of ether oxygens (including phenoxy) is 1. The van der Waals surface area contributed by atoms with Crippen molar-refractivity contribution in [2.45, 2.75) is 58.8 Å². The maximum absolute atomic E-state index is 12.4. The molecule has 0 saturated heterocycles. The van der Waals surface area contributed by atoms with Gasteiger partial charge in [-0.25, -0.2) is 4.79 Å². The van der Waals surface area contributed by atoms with E-state index in [0.717, 1.165) is 13.0 Å². The van der Waals surface area contributed by atoms with E-state index >= 15 is 0 Å². The van der Waals surface area contributed by atoms with Crippen LogP contribution in [0.3, 0.4) is 0 Å². The third-order valence-electron chi connectivity index (χ3n) is 3.88. The molecule has 0 aliphatic rings. The average molecular weight is 356 g/mol. The zero-order valence-corrected chi connectivity index (χ0v) is 17.3. The van der Waals surface area contributed by atoms with Gasteiger partial charge in [-0.2, -0.15) is 0 Å². The van der Waals surface area contributed by atoms with E-state index in [1.165, 1.54) is 11.1 Å². The Morgan fingerprint density at radius 2 is 1.42 bits per heavy atom. The van der Waals surface area contributed by atoms with Gasteiger partial charge in [0.25, 0.3) is 0 Å². The number of esters is 1. The summed E-state index contributed by atoms with van der Waals surface area (Å²) in [7, 11) is 4.04. The second-order valence-corrected chi connectivity index (χ2v) is 8.59. The lowest BCUT2D eigenvalue weighted by atomic mass is 9.79. The first-order valence-electron chi connectivity index (χ1n) is 8.39. The Hall–Kier alpha value is -1.06. The van der Waals surface area contributed by atoms with Crippen molar-refractivity contribution >= 4 is 18.4 Å². The van der Waals surface area contributed by atoms with Gasteiger partial charge in [-0.15, -0.1) is 12.4 Å². The van der Waals surface area contributed by atoms with E-state index in [1.807, 2.05) is 26.2 Å². The monoisotopic (exact) mass is 355 g/mol. The zero-order chi connectivity index (χ0) is 17.8. The van der Waals surface area contributed by atoms with Gasteiger partial charge < -0.3 is 9.64 Å². The molecule has 3 nitrogen and oxygen atoms in total. The van der Waals surface area contributed by atoms with Crippen molar-refractivity contribution in [3.05, 3.63) is 34.9 Å². The van der Waals surface area contributed by atoms with E-state index < -0.39 is 0 Å². The van der Waals surface area contributed by atoms with E-state index in [9.17, 15) is 4.79 Å². The second kappa shape index (κ2) is 8.87. The topological polar surface area (TPSA) is 29.5 Å². The summed E-state index contributed by atoms with van der Waals surface area (Å²) in [4.78, 5) is 14.5. The van der Waals surface area contributed by atoms with Crippen LogP contribution in [0, 0.1) is 0 Å². The molecular weight excluding hydrogens is 322 g/mol. The average Bonchev–Trinajstić information content (AvgIpc) is 2.40. The quantitative estimate of drug-likeness (QED) is 0.560. The highest BCUT2D eigenvalue weighted by molar-refractivity contribution is 5.90. The highest BCUT2D eigenvalue weighted by Gasteiger charge is 2.22. The first-order valence-corrected chi connectivity index (χ1v) is 8.39. The maximum Gasteiger partial charge on any atom is 0.338 e. The van der Waals surface area contributed by atoms with Gasteiger partial charge in [0.15, 0.2) is 0 Å². The van der Waals surface area contributed by atoms with E-state index in [2.05, 4.69) is 52.5 Å². The molecule has 1 aromatic carbocycles. The number of hydrogen-bond acceptors (Lipinski definition) is 3. The standard InChI is InChI=1S/C20H33NO2.ClH/c1-19(2,3)16-12-15(13-17(14-16)20(4,5)6)18(22)23-11-9-10-21(7)8;/h12-14H,9-11H2,1-8H3;1H. The fourth-order valence-electron chi connectivity index (χ4n) is 2.24. The lowest BCUT2D eigenvalue weighted by molar-refractivity contribution is 0.0493. The molecule has 1 aromatic rings. The Balaban J connectivity index is 0.00000529. The predicted molar refractivity (Wildman–Crippen MR) is 105 cm³/mol. The minimum Gasteiger partial charge on any atom is -0.462 e. The van der Waals surface area contributed by atoms with Gasteiger partial charge in [0.1, 0.15) is 0 Å². The summed E-state index contributed by atoms with van der Waals surface area (Å²) < 4.78 is 5.45. The van der Waals surface area contributed by atoms with Crippen molar-refractivity contribution in [1.82, 2.24) is 4.90 Å². The van der Waals surface area contributed by atoms with Gasteiger partial charge in [0, 0.05) is 6.54 Å². The first kappa shape index (κ1) is 22.9. The van der Waals surface area contributed by atoms with E-state index in [1.54, 1.807) is 0 Å². The number of hydrogen-bond donors (Lipinski definition) is 0. The fourth-order valence-corrected chi connectivity index (χ4v) is 2.24. The highest BCUT2D eigenvalue weighted by Crippen LogP contribution is 2.30. The molecule has 0 amide bonds. The second-order valence-electron chi connectivity index (χ2n) is 8.59. The maximum atomic E-state index is 12.4. The lowest BCUT2D eigenvalue weighted by Crippen LogP contribution is -2.19. The van der Waals surface area contributed by atoms with Crippen LogP contribution >= 0.6 is 12.4 Å². The Bertz CT molecular complexity index is 507. The Labute approximate surface area is 154 Å². The number of benzene rings is 1. The molecule has 0 heterocycles. The summed E-state index contributed by atoms with van der Waals surface area (Å²) in [5.74, 6) is -0.222. The summed E-state index contributed by atoms with van der Waals surface area (Å²) in [6.07, 6.45) is 0.851. The Morgan fingerprint density at radius 3 is 1.79 bits per heavy atom.